The van der Waals surface area contributed by atoms with Crippen LogP contribution < -0.4 is 5.32 Å². The van der Waals surface area contributed by atoms with Crippen molar-refractivity contribution >= 4 is 23.1 Å². The zero-order chi connectivity index (χ0) is 21.8. The van der Waals surface area contributed by atoms with E-state index in [0.29, 0.717) is 13.2 Å². The first kappa shape index (κ1) is 20.0. The van der Waals surface area contributed by atoms with Gasteiger partial charge in [0.2, 0.25) is 0 Å². The summed E-state index contributed by atoms with van der Waals surface area (Å²) < 4.78 is 5.58. The van der Waals surface area contributed by atoms with Crippen LogP contribution in [0.15, 0.2) is 91.1 Å². The Labute approximate surface area is 187 Å². The standard InChI is InChI=1S/C28H24N2O2/c31-28(30-17-8-7-9-20-16-18-29-27-15-6-5-10-21(20)27)32-19-26-24-13-3-1-11-22(24)23-12-2-4-14-25(23)26/h1-7,9-16,18,26H,8,17,19H2,(H,30,31). The van der Waals surface area contributed by atoms with Crippen LogP contribution in [-0.2, 0) is 4.74 Å². The molecule has 1 aliphatic carbocycles. The van der Waals surface area contributed by atoms with Gasteiger partial charge in [-0.2, -0.15) is 0 Å². The van der Waals surface area contributed by atoms with Gasteiger partial charge in [-0.3, -0.25) is 4.98 Å². The lowest BCUT2D eigenvalue weighted by Crippen LogP contribution is -2.26. The van der Waals surface area contributed by atoms with Gasteiger partial charge in [0.15, 0.2) is 0 Å². The van der Waals surface area contributed by atoms with E-state index >= 15 is 0 Å². The number of nitrogens with one attached hydrogen (secondary N) is 1. The fraction of sp³-hybridized carbons (Fsp3) is 0.143. The highest BCUT2D eigenvalue weighted by molar-refractivity contribution is 5.87. The summed E-state index contributed by atoms with van der Waals surface area (Å²) in [5.74, 6) is 0.0769. The normalized spacial score (nSPS) is 12.6. The number of nitrogens with zero attached hydrogens (tertiary/aromatic N) is 1. The van der Waals surface area contributed by atoms with Crippen LogP contribution in [0.2, 0.25) is 0 Å². The Morgan fingerprint density at radius 3 is 2.38 bits per heavy atom. The Morgan fingerprint density at radius 2 is 1.59 bits per heavy atom. The maximum atomic E-state index is 12.3. The minimum absolute atomic E-state index is 0.0769. The zero-order valence-corrected chi connectivity index (χ0v) is 17.7. The third kappa shape index (κ3) is 4.00. The number of aromatic nitrogens is 1. The molecule has 3 aromatic carbocycles. The SMILES string of the molecule is O=C(NCCC=Cc1ccnc2ccccc12)OCC1c2ccccc2-c2ccccc21. The number of hydrogen-bond donors (Lipinski definition) is 1. The predicted octanol–water partition coefficient (Wildman–Crippen LogP) is 6.18. The molecular formula is C28H24N2O2. The fourth-order valence-electron chi connectivity index (χ4n) is 4.38. The van der Waals surface area contributed by atoms with Crippen molar-refractivity contribution in [1.82, 2.24) is 10.3 Å². The Kier molecular flexibility index (Phi) is 5.67. The number of rotatable bonds is 6. The molecule has 4 nitrogen and oxygen atoms in total. The summed E-state index contributed by atoms with van der Waals surface area (Å²) in [6.07, 6.45) is 6.29. The van der Waals surface area contributed by atoms with E-state index in [9.17, 15) is 4.79 Å². The second kappa shape index (κ2) is 9.06. The molecule has 0 fully saturated rings. The predicted molar refractivity (Wildman–Crippen MR) is 128 cm³/mol. The molecule has 0 atom stereocenters. The van der Waals surface area contributed by atoms with Crippen molar-refractivity contribution in [1.29, 1.82) is 0 Å². The molecule has 4 heteroatoms. The third-order valence-electron chi connectivity index (χ3n) is 5.90. The van der Waals surface area contributed by atoms with Crippen LogP contribution in [0.3, 0.4) is 0 Å². The summed E-state index contributed by atoms with van der Waals surface area (Å²) in [5.41, 5.74) is 6.99. The van der Waals surface area contributed by atoms with Crippen LogP contribution in [0.4, 0.5) is 4.79 Å². The number of amides is 1. The number of fused-ring (bicyclic) bond motifs is 4. The van der Waals surface area contributed by atoms with E-state index in [2.05, 4.69) is 52.8 Å². The lowest BCUT2D eigenvalue weighted by Gasteiger charge is -2.14. The molecule has 1 amide bonds. The van der Waals surface area contributed by atoms with Gasteiger partial charge >= 0.3 is 6.09 Å². The molecule has 1 N–H and O–H groups in total. The molecule has 1 aliphatic rings. The van der Waals surface area contributed by atoms with E-state index in [1.54, 1.807) is 0 Å². The summed E-state index contributed by atoms with van der Waals surface area (Å²) in [6, 6.07) is 26.7. The number of pyridine rings is 1. The van der Waals surface area contributed by atoms with Gasteiger partial charge in [0.25, 0.3) is 0 Å². The molecule has 0 aliphatic heterocycles. The molecule has 1 heterocycles. The lowest BCUT2D eigenvalue weighted by atomic mass is 9.98. The van der Waals surface area contributed by atoms with Crippen LogP contribution in [-0.4, -0.2) is 24.2 Å². The highest BCUT2D eigenvalue weighted by Crippen LogP contribution is 2.44. The van der Waals surface area contributed by atoms with Gasteiger partial charge in [-0.25, -0.2) is 4.79 Å². The highest BCUT2D eigenvalue weighted by Gasteiger charge is 2.28. The maximum Gasteiger partial charge on any atom is 0.407 e. The molecule has 0 unspecified atom stereocenters. The molecule has 0 spiro atoms. The summed E-state index contributed by atoms with van der Waals surface area (Å²) >= 11 is 0. The number of carbonyl (C=O) groups is 1. The van der Waals surface area contributed by atoms with Gasteiger partial charge in [0.1, 0.15) is 6.61 Å². The van der Waals surface area contributed by atoms with E-state index in [1.807, 2.05) is 54.7 Å². The summed E-state index contributed by atoms with van der Waals surface area (Å²) in [7, 11) is 0. The van der Waals surface area contributed by atoms with E-state index < -0.39 is 0 Å². The number of carbonyl (C=O) groups excluding carboxylic acids is 1. The minimum Gasteiger partial charge on any atom is -0.449 e. The van der Waals surface area contributed by atoms with Crippen molar-refractivity contribution in [2.24, 2.45) is 0 Å². The molecule has 0 saturated carbocycles. The van der Waals surface area contributed by atoms with Crippen molar-refractivity contribution in [2.45, 2.75) is 12.3 Å². The maximum absolute atomic E-state index is 12.3. The highest BCUT2D eigenvalue weighted by atomic mass is 16.5. The molecule has 0 bridgehead atoms. The van der Waals surface area contributed by atoms with Crippen LogP contribution in [0.5, 0.6) is 0 Å². The lowest BCUT2D eigenvalue weighted by molar-refractivity contribution is 0.143. The summed E-state index contributed by atoms with van der Waals surface area (Å²) in [6.45, 7) is 0.856. The van der Waals surface area contributed by atoms with Crippen molar-refractivity contribution in [2.75, 3.05) is 13.2 Å². The summed E-state index contributed by atoms with van der Waals surface area (Å²) in [5, 5.41) is 3.97. The van der Waals surface area contributed by atoms with Crippen molar-refractivity contribution in [3.63, 3.8) is 0 Å². The molecule has 5 rings (SSSR count). The Balaban J connectivity index is 1.14. The van der Waals surface area contributed by atoms with E-state index in [-0.39, 0.29) is 12.0 Å². The average molecular weight is 421 g/mol. The number of hydrogen-bond acceptors (Lipinski definition) is 3. The van der Waals surface area contributed by atoms with E-state index in [4.69, 9.17) is 4.74 Å². The molecular weight excluding hydrogens is 396 g/mol. The first-order valence-electron chi connectivity index (χ1n) is 10.9. The number of para-hydroxylation sites is 1. The van der Waals surface area contributed by atoms with Gasteiger partial charge in [0.05, 0.1) is 5.52 Å². The molecule has 0 saturated heterocycles. The Morgan fingerprint density at radius 1 is 0.906 bits per heavy atom. The van der Waals surface area contributed by atoms with Gasteiger partial charge < -0.3 is 10.1 Å². The quantitative estimate of drug-likeness (QED) is 0.379. The van der Waals surface area contributed by atoms with Crippen molar-refractivity contribution in [3.8, 4) is 11.1 Å². The minimum atomic E-state index is -0.380. The van der Waals surface area contributed by atoms with E-state index in [1.165, 1.54) is 22.3 Å². The first-order chi connectivity index (χ1) is 15.8. The van der Waals surface area contributed by atoms with Crippen molar-refractivity contribution < 1.29 is 9.53 Å². The number of alkyl carbamates (subject to hydrolysis) is 1. The second-order valence-electron chi connectivity index (χ2n) is 7.86. The molecule has 4 aromatic rings. The molecule has 0 radical (unpaired) electrons. The topological polar surface area (TPSA) is 51.2 Å². The molecule has 1 aromatic heterocycles. The monoisotopic (exact) mass is 420 g/mol. The van der Waals surface area contributed by atoms with Crippen LogP contribution in [0.1, 0.15) is 29.0 Å². The summed E-state index contributed by atoms with van der Waals surface area (Å²) in [4.78, 5) is 16.6. The van der Waals surface area contributed by atoms with Gasteiger partial charge in [-0.05, 0) is 46.4 Å². The first-order valence-corrected chi connectivity index (χ1v) is 10.9. The van der Waals surface area contributed by atoms with Gasteiger partial charge in [0, 0.05) is 24.0 Å². The largest absolute Gasteiger partial charge is 0.449 e. The fourth-order valence-corrected chi connectivity index (χ4v) is 4.38. The smallest absolute Gasteiger partial charge is 0.407 e. The number of benzene rings is 3. The zero-order valence-electron chi connectivity index (χ0n) is 17.7. The van der Waals surface area contributed by atoms with Crippen LogP contribution in [0.25, 0.3) is 28.1 Å². The average Bonchev–Trinajstić information content (AvgIpc) is 3.16. The van der Waals surface area contributed by atoms with Gasteiger partial charge in [-0.15, -0.1) is 0 Å². The third-order valence-corrected chi connectivity index (χ3v) is 5.90. The van der Waals surface area contributed by atoms with Gasteiger partial charge in [-0.1, -0.05) is 78.9 Å². The van der Waals surface area contributed by atoms with Crippen molar-refractivity contribution in [3.05, 3.63) is 108 Å². The second-order valence-corrected chi connectivity index (χ2v) is 7.86. The molecule has 158 valence electrons. The van der Waals surface area contributed by atoms with E-state index in [0.717, 1.165) is 22.9 Å². The van der Waals surface area contributed by atoms with Crippen LogP contribution in [0, 0.1) is 0 Å². The molecule has 32 heavy (non-hydrogen) atoms. The number of ether oxygens (including phenoxy) is 1. The Hall–Kier alpha value is -3.92. The van der Waals surface area contributed by atoms with Crippen LogP contribution >= 0.6 is 0 Å². The Bertz CT molecular complexity index is 1240.